The van der Waals surface area contributed by atoms with Crippen LogP contribution in [0.5, 0.6) is 0 Å². The summed E-state index contributed by atoms with van der Waals surface area (Å²) < 4.78 is 24.9. The highest BCUT2D eigenvalue weighted by atomic mass is 32.2. The third-order valence-corrected chi connectivity index (χ3v) is 8.36. The van der Waals surface area contributed by atoms with Crippen LogP contribution in [0.2, 0.25) is 0 Å². The summed E-state index contributed by atoms with van der Waals surface area (Å²) in [6, 6.07) is 1.97. The standard InChI is InChI=1S/C14H24N2O2S3/c1-4-21(17,18)12-9-19-8-6-16(12)13(11(3)15)14-10(2)5-7-20-14/h5,7,11-13H,4,6,8-9,15H2,1-3H3. The van der Waals surface area contributed by atoms with Crippen molar-refractivity contribution in [2.45, 2.75) is 38.2 Å². The topological polar surface area (TPSA) is 63.4 Å². The van der Waals surface area contributed by atoms with Crippen LogP contribution in [-0.4, -0.2) is 48.5 Å². The van der Waals surface area contributed by atoms with E-state index in [9.17, 15) is 8.42 Å². The second-order valence-electron chi connectivity index (χ2n) is 5.49. The third-order valence-electron chi connectivity index (χ3n) is 3.97. The predicted molar refractivity (Wildman–Crippen MR) is 92.7 cm³/mol. The minimum atomic E-state index is -3.10. The maximum absolute atomic E-state index is 12.5. The number of aryl methyl sites for hydroxylation is 1. The van der Waals surface area contributed by atoms with Crippen molar-refractivity contribution in [3.63, 3.8) is 0 Å². The summed E-state index contributed by atoms with van der Waals surface area (Å²) in [4.78, 5) is 3.33. The van der Waals surface area contributed by atoms with Gasteiger partial charge >= 0.3 is 0 Å². The Labute approximate surface area is 136 Å². The van der Waals surface area contributed by atoms with E-state index in [4.69, 9.17) is 5.73 Å². The molecular weight excluding hydrogens is 324 g/mol. The average molecular weight is 349 g/mol. The van der Waals surface area contributed by atoms with Crippen molar-refractivity contribution < 1.29 is 8.42 Å². The number of thioether (sulfide) groups is 1. The zero-order chi connectivity index (χ0) is 15.6. The Morgan fingerprint density at radius 2 is 2.24 bits per heavy atom. The molecule has 0 bridgehead atoms. The molecule has 1 aliphatic heterocycles. The number of nitrogens with two attached hydrogens (primary N) is 1. The first kappa shape index (κ1) is 17.3. The van der Waals surface area contributed by atoms with E-state index in [0.717, 1.165) is 12.3 Å². The van der Waals surface area contributed by atoms with Gasteiger partial charge in [-0.25, -0.2) is 8.42 Å². The summed E-state index contributed by atoms with van der Waals surface area (Å²) in [5, 5.41) is 1.64. The lowest BCUT2D eigenvalue weighted by Gasteiger charge is -2.41. The summed E-state index contributed by atoms with van der Waals surface area (Å²) in [6.45, 7) is 6.55. The fourth-order valence-electron chi connectivity index (χ4n) is 2.79. The first-order valence-electron chi connectivity index (χ1n) is 7.23. The van der Waals surface area contributed by atoms with Crippen LogP contribution in [0.25, 0.3) is 0 Å². The van der Waals surface area contributed by atoms with Crippen LogP contribution in [0.15, 0.2) is 11.4 Å². The van der Waals surface area contributed by atoms with Crippen LogP contribution in [0.1, 0.15) is 30.3 Å². The van der Waals surface area contributed by atoms with Crippen LogP contribution in [-0.2, 0) is 9.84 Å². The minimum Gasteiger partial charge on any atom is -0.326 e. The summed E-state index contributed by atoms with van der Waals surface area (Å²) in [7, 11) is -3.10. The van der Waals surface area contributed by atoms with E-state index >= 15 is 0 Å². The molecule has 0 saturated carbocycles. The van der Waals surface area contributed by atoms with Crippen LogP contribution in [0.3, 0.4) is 0 Å². The number of hydrogen-bond donors (Lipinski definition) is 1. The SMILES string of the molecule is CCS(=O)(=O)C1CSCCN1C(c1sccc1C)C(C)N. The van der Waals surface area contributed by atoms with Gasteiger partial charge in [0.2, 0.25) is 0 Å². The molecule has 0 amide bonds. The summed E-state index contributed by atoms with van der Waals surface area (Å²) in [5.74, 6) is 1.79. The molecule has 4 nitrogen and oxygen atoms in total. The molecule has 2 heterocycles. The van der Waals surface area contributed by atoms with Gasteiger partial charge in [-0.1, -0.05) is 6.92 Å². The fraction of sp³-hybridized carbons (Fsp3) is 0.714. The molecule has 3 atom stereocenters. The van der Waals surface area contributed by atoms with Gasteiger partial charge in [0, 0.05) is 34.7 Å². The molecule has 1 saturated heterocycles. The van der Waals surface area contributed by atoms with Crippen molar-refractivity contribution >= 4 is 32.9 Å². The monoisotopic (exact) mass is 348 g/mol. The lowest BCUT2D eigenvalue weighted by atomic mass is 10.0. The summed E-state index contributed by atoms with van der Waals surface area (Å²) in [5.41, 5.74) is 7.44. The highest BCUT2D eigenvalue weighted by Gasteiger charge is 2.39. The number of sulfone groups is 1. The predicted octanol–water partition coefficient (Wildman–Crippen LogP) is 2.25. The maximum Gasteiger partial charge on any atom is 0.166 e. The van der Waals surface area contributed by atoms with E-state index in [1.165, 1.54) is 10.4 Å². The third kappa shape index (κ3) is 3.64. The van der Waals surface area contributed by atoms with Gasteiger partial charge in [0.1, 0.15) is 5.37 Å². The quantitative estimate of drug-likeness (QED) is 0.884. The van der Waals surface area contributed by atoms with Crippen molar-refractivity contribution in [3.8, 4) is 0 Å². The van der Waals surface area contributed by atoms with Crippen molar-refractivity contribution in [3.05, 3.63) is 21.9 Å². The molecule has 0 aliphatic carbocycles. The molecule has 1 fully saturated rings. The van der Waals surface area contributed by atoms with Crippen molar-refractivity contribution in [1.29, 1.82) is 0 Å². The number of nitrogens with zero attached hydrogens (tertiary/aromatic N) is 1. The Bertz CT molecular complexity index is 569. The highest BCUT2D eigenvalue weighted by Crippen LogP contribution is 2.36. The average Bonchev–Trinajstić information content (AvgIpc) is 2.85. The van der Waals surface area contributed by atoms with Gasteiger partial charge in [-0.3, -0.25) is 4.90 Å². The largest absolute Gasteiger partial charge is 0.326 e. The molecule has 0 aromatic carbocycles. The molecule has 0 spiro atoms. The van der Waals surface area contributed by atoms with E-state index in [1.807, 2.05) is 6.92 Å². The molecule has 21 heavy (non-hydrogen) atoms. The molecule has 2 rings (SSSR count). The lowest BCUT2D eigenvalue weighted by Crippen LogP contribution is -2.52. The Morgan fingerprint density at radius 1 is 1.52 bits per heavy atom. The van der Waals surface area contributed by atoms with Crippen LogP contribution in [0, 0.1) is 6.92 Å². The van der Waals surface area contributed by atoms with Gasteiger partial charge in [0.05, 0.1) is 6.04 Å². The summed E-state index contributed by atoms with van der Waals surface area (Å²) in [6.07, 6.45) is 0. The van der Waals surface area contributed by atoms with Crippen molar-refractivity contribution in [2.24, 2.45) is 5.73 Å². The fourth-order valence-corrected chi connectivity index (χ4v) is 7.01. The molecule has 0 radical (unpaired) electrons. The molecule has 120 valence electrons. The Balaban J connectivity index is 2.40. The van der Waals surface area contributed by atoms with E-state index in [2.05, 4.69) is 23.3 Å². The smallest absolute Gasteiger partial charge is 0.166 e. The minimum absolute atomic E-state index is 0.0165. The second-order valence-corrected chi connectivity index (χ2v) is 10.0. The molecule has 1 aromatic heterocycles. The zero-order valence-corrected chi connectivity index (χ0v) is 15.2. The number of rotatable bonds is 5. The van der Waals surface area contributed by atoms with Gasteiger partial charge in [-0.2, -0.15) is 11.8 Å². The lowest BCUT2D eigenvalue weighted by molar-refractivity contribution is 0.174. The van der Waals surface area contributed by atoms with E-state index in [-0.39, 0.29) is 17.8 Å². The van der Waals surface area contributed by atoms with Gasteiger partial charge < -0.3 is 5.73 Å². The van der Waals surface area contributed by atoms with E-state index in [1.54, 1.807) is 30.0 Å². The van der Waals surface area contributed by atoms with Crippen LogP contribution in [0.4, 0.5) is 0 Å². The van der Waals surface area contributed by atoms with Crippen molar-refractivity contribution in [2.75, 3.05) is 23.8 Å². The molecule has 1 aliphatic rings. The maximum atomic E-state index is 12.5. The molecule has 3 unspecified atom stereocenters. The van der Waals surface area contributed by atoms with Gasteiger partial charge in [-0.15, -0.1) is 11.3 Å². The van der Waals surface area contributed by atoms with Crippen molar-refractivity contribution in [1.82, 2.24) is 4.90 Å². The van der Waals surface area contributed by atoms with E-state index < -0.39 is 15.2 Å². The molecule has 2 N–H and O–H groups in total. The molecular formula is C14H24N2O2S3. The Morgan fingerprint density at radius 3 is 2.76 bits per heavy atom. The van der Waals surface area contributed by atoms with Gasteiger partial charge in [0.25, 0.3) is 0 Å². The number of hydrogen-bond acceptors (Lipinski definition) is 6. The zero-order valence-electron chi connectivity index (χ0n) is 12.8. The first-order chi connectivity index (χ1) is 9.88. The molecule has 1 aromatic rings. The molecule has 7 heteroatoms. The van der Waals surface area contributed by atoms with Crippen LogP contribution >= 0.6 is 23.1 Å². The highest BCUT2D eigenvalue weighted by molar-refractivity contribution is 8.01. The normalized spacial score (nSPS) is 23.9. The van der Waals surface area contributed by atoms with Crippen LogP contribution < -0.4 is 5.73 Å². The first-order valence-corrected chi connectivity index (χ1v) is 11.0. The van der Waals surface area contributed by atoms with E-state index in [0.29, 0.717) is 5.75 Å². The van der Waals surface area contributed by atoms with Gasteiger partial charge in [-0.05, 0) is 30.9 Å². The van der Waals surface area contributed by atoms with Gasteiger partial charge in [0.15, 0.2) is 9.84 Å². The number of thiophene rings is 1. The second kappa shape index (κ2) is 7.00. The summed E-state index contributed by atoms with van der Waals surface area (Å²) >= 11 is 3.40. The Kier molecular flexibility index (Phi) is 5.76. The Hall–Kier alpha value is -0.0800.